The van der Waals surface area contributed by atoms with Gasteiger partial charge in [-0.1, -0.05) is 60.2 Å². The third-order valence-corrected chi connectivity index (χ3v) is 6.07. The van der Waals surface area contributed by atoms with Crippen LogP contribution in [0.1, 0.15) is 47.1 Å². The van der Waals surface area contributed by atoms with Gasteiger partial charge in [-0.15, -0.1) is 5.10 Å². The van der Waals surface area contributed by atoms with Gasteiger partial charge in [0.1, 0.15) is 5.75 Å². The Morgan fingerprint density at radius 3 is 2.42 bits per heavy atom. The molecule has 38 heavy (non-hydrogen) atoms. The van der Waals surface area contributed by atoms with Crippen molar-refractivity contribution in [1.29, 1.82) is 0 Å². The minimum Gasteiger partial charge on any atom is -0.446 e. The number of hydrogen-bond acceptors (Lipinski definition) is 6. The summed E-state index contributed by atoms with van der Waals surface area (Å²) in [5.41, 5.74) is 3.21. The van der Waals surface area contributed by atoms with E-state index < -0.39 is 12.2 Å². The summed E-state index contributed by atoms with van der Waals surface area (Å²) < 4.78 is 11.7. The standard InChI is InChI=1S/C30H25N3O5/c1-18-11-13-22(14-12-18)28(36)31-24-9-6-8-23(17-24)30-33(19(2)34)32-29(38-30)27-25-10-5-4-7-21(25)15-16-26(27)37-20(3)35/h4-17,30H,1-3H3,(H,31,36)/t30-/m1/s1. The molecule has 0 bridgehead atoms. The Balaban J connectivity index is 1.48. The summed E-state index contributed by atoms with van der Waals surface area (Å²) in [5, 5.41) is 10.3. The first-order chi connectivity index (χ1) is 18.3. The SMILES string of the molecule is CC(=O)Oc1ccc2ccccc2c1C1=NN(C(C)=O)[C@@H](c2cccc(NC(=O)c3ccc(C)cc3)c2)O1. The normalized spacial score (nSPS) is 14.6. The monoisotopic (exact) mass is 507 g/mol. The van der Waals surface area contributed by atoms with Gasteiger partial charge in [0.05, 0.1) is 5.56 Å². The summed E-state index contributed by atoms with van der Waals surface area (Å²) in [6, 6.07) is 25.4. The van der Waals surface area contributed by atoms with Crippen LogP contribution in [0.5, 0.6) is 5.75 Å². The van der Waals surface area contributed by atoms with Crippen LogP contribution in [-0.4, -0.2) is 28.7 Å². The molecule has 2 amide bonds. The molecule has 0 radical (unpaired) electrons. The number of hydrogen-bond donors (Lipinski definition) is 1. The number of ether oxygens (including phenoxy) is 2. The van der Waals surface area contributed by atoms with Crippen LogP contribution in [0.25, 0.3) is 10.8 Å². The molecule has 1 atom stereocenters. The fraction of sp³-hybridized carbons (Fsp3) is 0.133. The first kappa shape index (κ1) is 24.7. The topological polar surface area (TPSA) is 97.3 Å². The molecule has 0 unspecified atom stereocenters. The number of nitrogens with zero attached hydrogens (tertiary/aromatic N) is 2. The van der Waals surface area contributed by atoms with E-state index in [1.54, 1.807) is 42.5 Å². The van der Waals surface area contributed by atoms with E-state index in [2.05, 4.69) is 10.4 Å². The van der Waals surface area contributed by atoms with E-state index in [0.717, 1.165) is 16.3 Å². The van der Waals surface area contributed by atoms with E-state index in [1.165, 1.54) is 18.9 Å². The van der Waals surface area contributed by atoms with Gasteiger partial charge in [-0.3, -0.25) is 14.4 Å². The highest BCUT2D eigenvalue weighted by molar-refractivity contribution is 6.10. The molecule has 5 rings (SSSR count). The summed E-state index contributed by atoms with van der Waals surface area (Å²) >= 11 is 0. The number of carbonyl (C=O) groups excluding carboxylic acids is 3. The second-order valence-electron chi connectivity index (χ2n) is 8.94. The molecule has 0 aromatic heterocycles. The molecule has 8 heteroatoms. The fourth-order valence-electron chi connectivity index (χ4n) is 4.27. The van der Waals surface area contributed by atoms with Crippen LogP contribution in [0, 0.1) is 6.92 Å². The minimum absolute atomic E-state index is 0.146. The van der Waals surface area contributed by atoms with Crippen LogP contribution >= 0.6 is 0 Å². The second kappa shape index (κ2) is 10.2. The molecule has 1 aliphatic heterocycles. The third-order valence-electron chi connectivity index (χ3n) is 6.07. The summed E-state index contributed by atoms with van der Waals surface area (Å²) in [6.07, 6.45) is -0.886. The van der Waals surface area contributed by atoms with Gasteiger partial charge in [-0.25, -0.2) is 0 Å². The Hall–Kier alpha value is -4.98. The molecule has 4 aromatic rings. The highest BCUT2D eigenvalue weighted by Gasteiger charge is 2.35. The maximum atomic E-state index is 12.7. The number of amides is 2. The van der Waals surface area contributed by atoms with Gasteiger partial charge < -0.3 is 14.8 Å². The third kappa shape index (κ3) is 4.97. The summed E-state index contributed by atoms with van der Waals surface area (Å²) in [4.78, 5) is 37.2. The highest BCUT2D eigenvalue weighted by Crippen LogP contribution is 2.37. The van der Waals surface area contributed by atoms with Crippen molar-refractivity contribution in [2.24, 2.45) is 5.10 Å². The van der Waals surface area contributed by atoms with Crippen LogP contribution in [0.2, 0.25) is 0 Å². The van der Waals surface area contributed by atoms with Gasteiger partial charge in [0, 0.05) is 30.7 Å². The predicted molar refractivity (Wildman–Crippen MR) is 144 cm³/mol. The average molecular weight is 508 g/mol. The van der Waals surface area contributed by atoms with Crippen LogP contribution in [0.4, 0.5) is 5.69 Å². The molecule has 0 saturated heterocycles. The lowest BCUT2D eigenvalue weighted by Crippen LogP contribution is -2.25. The lowest BCUT2D eigenvalue weighted by Gasteiger charge is -2.20. The van der Waals surface area contributed by atoms with Crippen LogP contribution in [-0.2, 0) is 14.3 Å². The Kier molecular flexibility index (Phi) is 6.62. The zero-order chi connectivity index (χ0) is 26.8. The van der Waals surface area contributed by atoms with E-state index in [0.29, 0.717) is 22.4 Å². The molecule has 0 saturated carbocycles. The molecule has 0 spiro atoms. The van der Waals surface area contributed by atoms with Crippen molar-refractivity contribution in [2.75, 3.05) is 5.32 Å². The van der Waals surface area contributed by atoms with Gasteiger partial charge in [-0.05, 0) is 48.0 Å². The molecule has 8 nitrogen and oxygen atoms in total. The van der Waals surface area contributed by atoms with Crippen LogP contribution < -0.4 is 10.1 Å². The first-order valence-electron chi connectivity index (χ1n) is 12.0. The van der Waals surface area contributed by atoms with Crippen molar-refractivity contribution in [1.82, 2.24) is 5.01 Å². The summed E-state index contributed by atoms with van der Waals surface area (Å²) in [7, 11) is 0. The van der Waals surface area contributed by atoms with E-state index in [4.69, 9.17) is 9.47 Å². The van der Waals surface area contributed by atoms with Gasteiger partial charge >= 0.3 is 5.97 Å². The Morgan fingerprint density at radius 1 is 0.921 bits per heavy atom. The number of carbonyl (C=O) groups is 3. The Labute approximate surface area is 219 Å². The van der Waals surface area contributed by atoms with Crippen molar-refractivity contribution in [3.05, 3.63) is 107 Å². The molecule has 0 fully saturated rings. The number of benzene rings is 4. The summed E-state index contributed by atoms with van der Waals surface area (Å²) in [5.74, 6) is -0.660. The number of rotatable bonds is 5. The number of hydrazone groups is 1. The molecular weight excluding hydrogens is 482 g/mol. The first-order valence-corrected chi connectivity index (χ1v) is 12.0. The molecule has 1 aliphatic rings. The van der Waals surface area contributed by atoms with Gasteiger partial charge in [0.25, 0.3) is 5.91 Å². The van der Waals surface area contributed by atoms with Crippen molar-refractivity contribution in [3.8, 4) is 5.75 Å². The fourth-order valence-corrected chi connectivity index (χ4v) is 4.27. The quantitative estimate of drug-likeness (QED) is 0.282. The molecule has 4 aromatic carbocycles. The Bertz CT molecular complexity index is 1590. The van der Waals surface area contributed by atoms with Crippen molar-refractivity contribution < 1.29 is 23.9 Å². The second-order valence-corrected chi connectivity index (χ2v) is 8.94. The number of fused-ring (bicyclic) bond motifs is 1. The lowest BCUT2D eigenvalue weighted by atomic mass is 10.0. The smallest absolute Gasteiger partial charge is 0.308 e. The van der Waals surface area contributed by atoms with Gasteiger partial charge in [0.2, 0.25) is 18.0 Å². The molecule has 1 N–H and O–H groups in total. The minimum atomic E-state index is -0.886. The zero-order valence-corrected chi connectivity index (χ0v) is 21.1. The van der Waals surface area contributed by atoms with Crippen molar-refractivity contribution in [2.45, 2.75) is 27.0 Å². The number of nitrogens with one attached hydrogen (secondary N) is 1. The van der Waals surface area contributed by atoms with E-state index >= 15 is 0 Å². The summed E-state index contributed by atoms with van der Waals surface area (Å²) in [6.45, 7) is 4.66. The molecule has 190 valence electrons. The maximum Gasteiger partial charge on any atom is 0.308 e. The van der Waals surface area contributed by atoms with Crippen molar-refractivity contribution >= 4 is 40.1 Å². The predicted octanol–water partition coefficient (Wildman–Crippen LogP) is 5.56. The van der Waals surface area contributed by atoms with Crippen LogP contribution in [0.3, 0.4) is 0 Å². The average Bonchev–Trinajstić information content (AvgIpc) is 3.34. The van der Waals surface area contributed by atoms with Gasteiger partial charge in [-0.2, -0.15) is 5.01 Å². The Morgan fingerprint density at radius 2 is 1.68 bits per heavy atom. The molecular formula is C30H25N3O5. The number of esters is 1. The van der Waals surface area contributed by atoms with E-state index in [1.807, 2.05) is 49.4 Å². The van der Waals surface area contributed by atoms with E-state index in [9.17, 15) is 14.4 Å². The van der Waals surface area contributed by atoms with Crippen molar-refractivity contribution in [3.63, 3.8) is 0 Å². The van der Waals surface area contributed by atoms with Crippen LogP contribution in [0.15, 0.2) is 90.0 Å². The van der Waals surface area contributed by atoms with Gasteiger partial charge in [0.15, 0.2) is 0 Å². The van der Waals surface area contributed by atoms with E-state index in [-0.39, 0.29) is 23.5 Å². The maximum absolute atomic E-state index is 12.7. The zero-order valence-electron chi connectivity index (χ0n) is 21.1. The lowest BCUT2D eigenvalue weighted by molar-refractivity contribution is -0.135. The molecule has 1 heterocycles. The molecule has 0 aliphatic carbocycles. The number of anilines is 1. The number of aryl methyl sites for hydroxylation is 1. The largest absolute Gasteiger partial charge is 0.446 e. The highest BCUT2D eigenvalue weighted by atomic mass is 16.5.